The van der Waals surface area contributed by atoms with Crippen molar-refractivity contribution in [3.63, 3.8) is 0 Å². The molecule has 0 spiro atoms. The molecule has 0 N–H and O–H groups in total. The number of hydrogen-bond donors (Lipinski definition) is 0. The summed E-state index contributed by atoms with van der Waals surface area (Å²) < 4.78 is 13.1. The second-order valence-electron chi connectivity index (χ2n) is 6.47. The molecule has 1 aliphatic heterocycles. The molecule has 3 aromatic rings. The fourth-order valence-corrected chi connectivity index (χ4v) is 3.20. The van der Waals surface area contributed by atoms with Gasteiger partial charge in [-0.1, -0.05) is 36.4 Å². The van der Waals surface area contributed by atoms with E-state index in [9.17, 15) is 4.39 Å². The Morgan fingerprint density at radius 2 is 1.48 bits per heavy atom. The zero-order valence-electron chi connectivity index (χ0n) is 15.0. The highest BCUT2D eigenvalue weighted by Gasteiger charge is 2.18. The highest BCUT2D eigenvalue weighted by Crippen LogP contribution is 2.20. The van der Waals surface area contributed by atoms with Crippen molar-refractivity contribution in [1.82, 2.24) is 9.97 Å². The standard InChI is InChI=1S/C22H21FN4/c23-19-7-9-20(10-8-19)26-14-16-27(17-15-26)22-12-13-24-21(25-22)11-6-18-4-2-1-3-5-18/h1-13H,14-17H2/b11-6+. The lowest BCUT2D eigenvalue weighted by molar-refractivity contribution is 0.624. The SMILES string of the molecule is Fc1ccc(N2CCN(c3ccnc(/C=C/c4ccccc4)n3)CC2)cc1. The van der Waals surface area contributed by atoms with E-state index < -0.39 is 0 Å². The van der Waals surface area contributed by atoms with E-state index in [1.54, 1.807) is 6.20 Å². The van der Waals surface area contributed by atoms with Crippen LogP contribution >= 0.6 is 0 Å². The molecule has 1 aliphatic rings. The van der Waals surface area contributed by atoms with Crippen molar-refractivity contribution in [1.29, 1.82) is 0 Å². The lowest BCUT2D eigenvalue weighted by Gasteiger charge is -2.36. The molecule has 1 aromatic heterocycles. The number of nitrogens with zero attached hydrogens (tertiary/aromatic N) is 4. The number of piperazine rings is 1. The first-order chi connectivity index (χ1) is 13.3. The maximum absolute atomic E-state index is 13.1. The van der Waals surface area contributed by atoms with E-state index in [0.29, 0.717) is 5.82 Å². The van der Waals surface area contributed by atoms with Crippen LogP contribution < -0.4 is 9.80 Å². The third-order valence-corrected chi connectivity index (χ3v) is 4.68. The largest absolute Gasteiger partial charge is 0.368 e. The maximum Gasteiger partial charge on any atom is 0.154 e. The molecule has 27 heavy (non-hydrogen) atoms. The maximum atomic E-state index is 13.1. The Hall–Kier alpha value is -3.21. The molecule has 0 atom stereocenters. The lowest BCUT2D eigenvalue weighted by Crippen LogP contribution is -2.46. The number of rotatable bonds is 4. The van der Waals surface area contributed by atoms with Gasteiger partial charge in [-0.25, -0.2) is 14.4 Å². The van der Waals surface area contributed by atoms with Crippen LogP contribution in [0.5, 0.6) is 0 Å². The molecule has 0 saturated carbocycles. The molecule has 0 unspecified atom stereocenters. The van der Waals surface area contributed by atoms with Crippen LogP contribution in [0.2, 0.25) is 0 Å². The van der Waals surface area contributed by atoms with Crippen molar-refractivity contribution in [2.75, 3.05) is 36.0 Å². The predicted molar refractivity (Wildman–Crippen MR) is 108 cm³/mol. The number of hydrogen-bond acceptors (Lipinski definition) is 4. The highest BCUT2D eigenvalue weighted by molar-refractivity contribution is 5.67. The zero-order chi connectivity index (χ0) is 18.5. The van der Waals surface area contributed by atoms with Crippen LogP contribution in [-0.2, 0) is 0 Å². The summed E-state index contributed by atoms with van der Waals surface area (Å²) in [4.78, 5) is 13.6. The molecule has 4 nitrogen and oxygen atoms in total. The Morgan fingerprint density at radius 1 is 0.778 bits per heavy atom. The molecule has 5 heteroatoms. The fraction of sp³-hybridized carbons (Fsp3) is 0.182. The van der Waals surface area contributed by atoms with Crippen LogP contribution in [0.4, 0.5) is 15.9 Å². The van der Waals surface area contributed by atoms with Gasteiger partial charge in [0.25, 0.3) is 0 Å². The lowest BCUT2D eigenvalue weighted by atomic mass is 10.2. The summed E-state index contributed by atoms with van der Waals surface area (Å²) >= 11 is 0. The van der Waals surface area contributed by atoms with E-state index in [-0.39, 0.29) is 5.82 Å². The second-order valence-corrected chi connectivity index (χ2v) is 6.47. The van der Waals surface area contributed by atoms with Gasteiger partial charge in [0.05, 0.1) is 0 Å². The average molecular weight is 360 g/mol. The van der Waals surface area contributed by atoms with Gasteiger partial charge in [-0.2, -0.15) is 0 Å². The van der Waals surface area contributed by atoms with Crippen molar-refractivity contribution >= 4 is 23.7 Å². The third-order valence-electron chi connectivity index (χ3n) is 4.68. The van der Waals surface area contributed by atoms with Gasteiger partial charge in [0, 0.05) is 38.1 Å². The first-order valence-corrected chi connectivity index (χ1v) is 9.09. The minimum absolute atomic E-state index is 0.200. The van der Waals surface area contributed by atoms with E-state index in [1.165, 1.54) is 12.1 Å². The zero-order valence-corrected chi connectivity index (χ0v) is 15.0. The Labute approximate surface area is 158 Å². The van der Waals surface area contributed by atoms with Crippen LogP contribution in [0.15, 0.2) is 66.9 Å². The first kappa shape index (κ1) is 17.2. The monoisotopic (exact) mass is 360 g/mol. The van der Waals surface area contributed by atoms with E-state index in [4.69, 9.17) is 0 Å². The number of halogens is 1. The summed E-state index contributed by atoms with van der Waals surface area (Å²) in [6.45, 7) is 3.50. The van der Waals surface area contributed by atoms with Crippen LogP contribution in [-0.4, -0.2) is 36.1 Å². The number of benzene rings is 2. The quantitative estimate of drug-likeness (QED) is 0.701. The first-order valence-electron chi connectivity index (χ1n) is 9.09. The van der Waals surface area contributed by atoms with Gasteiger partial charge in [-0.3, -0.25) is 0 Å². The van der Waals surface area contributed by atoms with Crippen molar-refractivity contribution in [2.24, 2.45) is 0 Å². The van der Waals surface area contributed by atoms with E-state index in [2.05, 4.69) is 31.9 Å². The predicted octanol–water partition coefficient (Wildman–Crippen LogP) is 4.11. The Bertz CT molecular complexity index is 901. The number of aromatic nitrogens is 2. The van der Waals surface area contributed by atoms with Gasteiger partial charge >= 0.3 is 0 Å². The Balaban J connectivity index is 1.41. The molecule has 2 heterocycles. The average Bonchev–Trinajstić information content (AvgIpc) is 2.74. The van der Waals surface area contributed by atoms with Gasteiger partial charge in [-0.05, 0) is 42.0 Å². The minimum atomic E-state index is -0.200. The van der Waals surface area contributed by atoms with Crippen LogP contribution in [0.25, 0.3) is 12.2 Å². The topological polar surface area (TPSA) is 32.3 Å². The molecule has 0 radical (unpaired) electrons. The molecule has 0 bridgehead atoms. The third kappa shape index (κ3) is 4.31. The summed E-state index contributed by atoms with van der Waals surface area (Å²) in [5.74, 6) is 1.45. The summed E-state index contributed by atoms with van der Waals surface area (Å²) in [6, 6.07) is 18.8. The molecule has 2 aromatic carbocycles. The Kier molecular flexibility index (Phi) is 5.10. The number of anilines is 2. The molecule has 1 saturated heterocycles. The van der Waals surface area contributed by atoms with Crippen LogP contribution in [0, 0.1) is 5.82 Å². The van der Waals surface area contributed by atoms with Crippen LogP contribution in [0.3, 0.4) is 0 Å². The van der Waals surface area contributed by atoms with Gasteiger partial charge in [-0.15, -0.1) is 0 Å². The summed E-state index contributed by atoms with van der Waals surface area (Å²) in [6.07, 6.45) is 5.76. The highest BCUT2D eigenvalue weighted by atomic mass is 19.1. The fourth-order valence-electron chi connectivity index (χ4n) is 3.20. The minimum Gasteiger partial charge on any atom is -0.368 e. The van der Waals surface area contributed by atoms with Gasteiger partial charge in [0.2, 0.25) is 0 Å². The molecule has 136 valence electrons. The van der Waals surface area contributed by atoms with Crippen molar-refractivity contribution in [3.8, 4) is 0 Å². The Morgan fingerprint density at radius 3 is 2.22 bits per heavy atom. The normalized spacial score (nSPS) is 14.7. The van der Waals surface area contributed by atoms with Gasteiger partial charge in [0.15, 0.2) is 5.82 Å². The molecule has 0 amide bonds. The summed E-state index contributed by atoms with van der Waals surface area (Å²) in [5.41, 5.74) is 2.18. The smallest absolute Gasteiger partial charge is 0.154 e. The van der Waals surface area contributed by atoms with Crippen LogP contribution in [0.1, 0.15) is 11.4 Å². The molecule has 1 fully saturated rings. The summed E-state index contributed by atoms with van der Waals surface area (Å²) in [5, 5.41) is 0. The van der Waals surface area contributed by atoms with Crippen molar-refractivity contribution in [2.45, 2.75) is 0 Å². The van der Waals surface area contributed by atoms with Crippen molar-refractivity contribution in [3.05, 3.63) is 84.1 Å². The molecular weight excluding hydrogens is 339 g/mol. The van der Waals surface area contributed by atoms with E-state index in [0.717, 1.165) is 43.2 Å². The molecular formula is C22H21FN4. The molecule has 0 aliphatic carbocycles. The van der Waals surface area contributed by atoms with E-state index in [1.807, 2.05) is 48.6 Å². The van der Waals surface area contributed by atoms with Gasteiger partial charge in [0.1, 0.15) is 11.6 Å². The van der Waals surface area contributed by atoms with Crippen molar-refractivity contribution < 1.29 is 4.39 Å². The summed E-state index contributed by atoms with van der Waals surface area (Å²) in [7, 11) is 0. The van der Waals surface area contributed by atoms with E-state index >= 15 is 0 Å². The van der Waals surface area contributed by atoms with Gasteiger partial charge < -0.3 is 9.80 Å². The molecule has 4 rings (SSSR count). The second kappa shape index (κ2) is 7.99.